The van der Waals surface area contributed by atoms with E-state index in [2.05, 4.69) is 5.16 Å². The predicted molar refractivity (Wildman–Crippen MR) is 63.6 cm³/mol. The third kappa shape index (κ3) is 1.68. The molecule has 20 heavy (non-hydrogen) atoms. The molecule has 0 N–H and O–H groups in total. The van der Waals surface area contributed by atoms with E-state index in [9.17, 15) is 14.4 Å². The van der Waals surface area contributed by atoms with Crippen LogP contribution in [0.1, 0.15) is 36.8 Å². The van der Waals surface area contributed by atoms with Crippen LogP contribution in [0.3, 0.4) is 0 Å². The first-order valence-corrected chi connectivity index (χ1v) is 5.71. The largest absolute Gasteiger partial charge is 0.402 e. The molecule has 0 bridgehead atoms. The fourth-order valence-electron chi connectivity index (χ4n) is 1.86. The predicted octanol–water partition coefficient (Wildman–Crippen LogP) is 1.35. The Kier molecular flexibility index (Phi) is 2.60. The number of carbonyl (C=O) groups excluding carboxylic acids is 3. The van der Waals surface area contributed by atoms with Crippen LogP contribution in [0, 0.1) is 6.92 Å². The second-order valence-electron chi connectivity index (χ2n) is 4.17. The third-order valence-corrected chi connectivity index (χ3v) is 2.86. The molecule has 2 amide bonds. The molecule has 1 aromatic carbocycles. The molecule has 3 rings (SSSR count). The number of aromatic nitrogens is 1. The van der Waals surface area contributed by atoms with Crippen LogP contribution in [0.5, 0.6) is 0 Å². The molecule has 0 saturated heterocycles. The molecule has 0 saturated carbocycles. The van der Waals surface area contributed by atoms with Crippen molar-refractivity contribution in [3.05, 3.63) is 52.9 Å². The number of imide groups is 1. The first kappa shape index (κ1) is 12.1. The fraction of sp³-hybridized carbons (Fsp3) is 0.0769. The Morgan fingerprint density at radius 2 is 1.80 bits per heavy atom. The summed E-state index contributed by atoms with van der Waals surface area (Å²) in [7, 11) is 0. The molecule has 0 fully saturated rings. The molecule has 100 valence electrons. The van der Waals surface area contributed by atoms with Crippen molar-refractivity contribution >= 4 is 17.8 Å². The van der Waals surface area contributed by atoms with Crippen molar-refractivity contribution in [3.8, 4) is 0 Å². The first-order chi connectivity index (χ1) is 9.59. The number of nitrogens with zero attached hydrogens (tertiary/aromatic N) is 2. The Labute approximate surface area is 112 Å². The maximum atomic E-state index is 12.0. The molecule has 1 aliphatic heterocycles. The van der Waals surface area contributed by atoms with E-state index < -0.39 is 17.8 Å². The van der Waals surface area contributed by atoms with Crippen LogP contribution in [0.25, 0.3) is 0 Å². The zero-order valence-corrected chi connectivity index (χ0v) is 10.3. The lowest BCUT2D eigenvalue weighted by molar-refractivity contribution is -0.0608. The van der Waals surface area contributed by atoms with Gasteiger partial charge in [-0.25, -0.2) is 4.79 Å². The lowest BCUT2D eigenvalue weighted by Gasteiger charge is -2.11. The van der Waals surface area contributed by atoms with Gasteiger partial charge in [-0.15, -0.1) is 0 Å². The Balaban J connectivity index is 1.87. The maximum absolute atomic E-state index is 12.0. The quantitative estimate of drug-likeness (QED) is 0.766. The average Bonchev–Trinajstić information content (AvgIpc) is 2.97. The van der Waals surface area contributed by atoms with Crippen molar-refractivity contribution in [1.29, 1.82) is 0 Å². The summed E-state index contributed by atoms with van der Waals surface area (Å²) in [6, 6.07) is 6.22. The Hall–Kier alpha value is -2.96. The van der Waals surface area contributed by atoms with Gasteiger partial charge in [-0.05, 0) is 19.1 Å². The van der Waals surface area contributed by atoms with Gasteiger partial charge in [0, 0.05) is 5.56 Å². The highest BCUT2D eigenvalue weighted by Gasteiger charge is 2.39. The summed E-state index contributed by atoms with van der Waals surface area (Å²) in [5.74, 6) is -2.47. The molecule has 2 heterocycles. The van der Waals surface area contributed by atoms with Crippen LogP contribution in [-0.4, -0.2) is 28.0 Å². The molecule has 7 nitrogen and oxygen atoms in total. The van der Waals surface area contributed by atoms with Crippen molar-refractivity contribution in [3.63, 3.8) is 0 Å². The van der Waals surface area contributed by atoms with E-state index in [4.69, 9.17) is 9.36 Å². The van der Waals surface area contributed by atoms with Gasteiger partial charge in [-0.3, -0.25) is 9.59 Å². The molecule has 0 spiro atoms. The maximum Gasteiger partial charge on any atom is 0.402 e. The lowest BCUT2D eigenvalue weighted by atomic mass is 10.1. The van der Waals surface area contributed by atoms with Crippen LogP contribution in [-0.2, 0) is 4.84 Å². The first-order valence-electron chi connectivity index (χ1n) is 5.71. The number of fused-ring (bicyclic) bond motifs is 1. The van der Waals surface area contributed by atoms with E-state index in [1.807, 2.05) is 0 Å². The van der Waals surface area contributed by atoms with E-state index in [1.54, 1.807) is 19.1 Å². The topological polar surface area (TPSA) is 89.7 Å². The number of amides is 2. The average molecular weight is 272 g/mol. The molecule has 7 heteroatoms. The number of carbonyl (C=O) groups is 3. The highest BCUT2D eigenvalue weighted by molar-refractivity contribution is 6.21. The minimum absolute atomic E-state index is 0.151. The number of hydrogen-bond acceptors (Lipinski definition) is 6. The number of benzene rings is 1. The molecule has 1 aromatic heterocycles. The number of hydrogen-bond donors (Lipinski definition) is 0. The SMILES string of the molecule is Cc1cnoc1C(=O)ON1C(=O)c2ccccc2C1=O. The molecule has 0 unspecified atom stereocenters. The van der Waals surface area contributed by atoms with Crippen molar-refractivity contribution in [2.24, 2.45) is 0 Å². The summed E-state index contributed by atoms with van der Waals surface area (Å²) >= 11 is 0. The van der Waals surface area contributed by atoms with E-state index in [-0.39, 0.29) is 16.9 Å². The second kappa shape index (κ2) is 4.30. The smallest absolute Gasteiger partial charge is 0.349 e. The highest BCUT2D eigenvalue weighted by atomic mass is 16.7. The summed E-state index contributed by atoms with van der Waals surface area (Å²) in [6.07, 6.45) is 1.33. The third-order valence-electron chi connectivity index (χ3n) is 2.86. The molecule has 1 aliphatic rings. The number of aryl methyl sites for hydroxylation is 1. The molecule has 0 radical (unpaired) electrons. The molecular formula is C13H8N2O5. The van der Waals surface area contributed by atoms with Gasteiger partial charge in [0.1, 0.15) is 0 Å². The minimum atomic E-state index is -0.950. The molecule has 0 aliphatic carbocycles. The van der Waals surface area contributed by atoms with Gasteiger partial charge in [0.2, 0.25) is 5.76 Å². The van der Waals surface area contributed by atoms with Crippen molar-refractivity contribution < 1.29 is 23.7 Å². The van der Waals surface area contributed by atoms with Gasteiger partial charge in [0.05, 0.1) is 17.3 Å². The Bertz CT molecular complexity index is 699. The van der Waals surface area contributed by atoms with Crippen LogP contribution in [0.15, 0.2) is 35.0 Å². The van der Waals surface area contributed by atoms with E-state index in [0.29, 0.717) is 10.6 Å². The minimum Gasteiger partial charge on any atom is -0.349 e. The van der Waals surface area contributed by atoms with E-state index >= 15 is 0 Å². The van der Waals surface area contributed by atoms with E-state index in [0.717, 1.165) is 0 Å². The van der Waals surface area contributed by atoms with Crippen molar-refractivity contribution in [2.75, 3.05) is 0 Å². The lowest BCUT2D eigenvalue weighted by Crippen LogP contribution is -2.32. The zero-order chi connectivity index (χ0) is 14.3. The van der Waals surface area contributed by atoms with Gasteiger partial charge < -0.3 is 9.36 Å². The molecule has 2 aromatic rings. The van der Waals surface area contributed by atoms with Gasteiger partial charge in [-0.2, -0.15) is 0 Å². The molecular weight excluding hydrogens is 264 g/mol. The number of rotatable bonds is 2. The normalized spacial score (nSPS) is 13.6. The number of hydroxylamine groups is 2. The van der Waals surface area contributed by atoms with Crippen molar-refractivity contribution in [2.45, 2.75) is 6.92 Å². The summed E-state index contributed by atoms with van der Waals surface area (Å²) in [4.78, 5) is 40.6. The Morgan fingerprint density at radius 3 is 2.30 bits per heavy atom. The van der Waals surface area contributed by atoms with Crippen LogP contribution in [0.2, 0.25) is 0 Å². The summed E-state index contributed by atoms with van der Waals surface area (Å²) in [6.45, 7) is 1.59. The fourth-order valence-corrected chi connectivity index (χ4v) is 1.86. The highest BCUT2D eigenvalue weighted by Crippen LogP contribution is 2.23. The standard InChI is InChI=1S/C13H8N2O5/c1-7-6-14-19-10(7)13(18)20-15-11(16)8-4-2-3-5-9(8)12(15)17/h2-6H,1H3. The van der Waals surface area contributed by atoms with Gasteiger partial charge >= 0.3 is 5.97 Å². The monoisotopic (exact) mass is 272 g/mol. The molecule has 0 atom stereocenters. The van der Waals surface area contributed by atoms with Crippen LogP contribution >= 0.6 is 0 Å². The second-order valence-corrected chi connectivity index (χ2v) is 4.17. The van der Waals surface area contributed by atoms with E-state index in [1.165, 1.54) is 18.3 Å². The van der Waals surface area contributed by atoms with Crippen LogP contribution < -0.4 is 0 Å². The van der Waals surface area contributed by atoms with Gasteiger partial charge in [0.15, 0.2) is 0 Å². The Morgan fingerprint density at radius 1 is 1.20 bits per heavy atom. The zero-order valence-electron chi connectivity index (χ0n) is 10.3. The van der Waals surface area contributed by atoms with Gasteiger partial charge in [-0.1, -0.05) is 22.4 Å². The van der Waals surface area contributed by atoms with Gasteiger partial charge in [0.25, 0.3) is 11.8 Å². The van der Waals surface area contributed by atoms with Crippen molar-refractivity contribution in [1.82, 2.24) is 10.2 Å². The summed E-state index contributed by atoms with van der Waals surface area (Å²) in [5, 5.41) is 3.86. The summed E-state index contributed by atoms with van der Waals surface area (Å²) in [5.41, 5.74) is 0.839. The summed E-state index contributed by atoms with van der Waals surface area (Å²) < 4.78 is 4.71. The van der Waals surface area contributed by atoms with Crippen LogP contribution in [0.4, 0.5) is 0 Å².